The van der Waals surface area contributed by atoms with E-state index in [9.17, 15) is 4.79 Å². The van der Waals surface area contributed by atoms with Crippen LogP contribution in [0.5, 0.6) is 0 Å². The predicted octanol–water partition coefficient (Wildman–Crippen LogP) is 2.36. The first-order valence-corrected chi connectivity index (χ1v) is 7.16. The average molecular weight is 274 g/mol. The van der Waals surface area contributed by atoms with Gasteiger partial charge in [-0.05, 0) is 31.9 Å². The number of pyridine rings is 1. The van der Waals surface area contributed by atoms with Crippen LogP contribution in [0.2, 0.25) is 0 Å². The van der Waals surface area contributed by atoms with Gasteiger partial charge in [-0.25, -0.2) is 0 Å². The first-order valence-electron chi connectivity index (χ1n) is 6.35. The van der Waals surface area contributed by atoms with Gasteiger partial charge in [0, 0.05) is 30.4 Å². The lowest BCUT2D eigenvalue weighted by Crippen LogP contribution is -2.31. The van der Waals surface area contributed by atoms with Gasteiger partial charge in [0.15, 0.2) is 5.01 Å². The van der Waals surface area contributed by atoms with Crippen molar-refractivity contribution in [2.75, 3.05) is 11.4 Å². The molecular formula is C13H14N4OS. The molecule has 3 rings (SSSR count). The molecular weight excluding hydrogens is 260 g/mol. The third kappa shape index (κ3) is 2.49. The van der Waals surface area contributed by atoms with Crippen molar-refractivity contribution in [1.82, 2.24) is 15.2 Å². The summed E-state index contributed by atoms with van der Waals surface area (Å²) in [5.41, 5.74) is 0.932. The highest BCUT2D eigenvalue weighted by Gasteiger charge is 2.34. The van der Waals surface area contributed by atoms with Crippen LogP contribution in [-0.4, -0.2) is 27.6 Å². The van der Waals surface area contributed by atoms with Crippen molar-refractivity contribution in [3.8, 4) is 10.6 Å². The maximum atomic E-state index is 12.1. The van der Waals surface area contributed by atoms with E-state index in [1.807, 2.05) is 19.1 Å². The van der Waals surface area contributed by atoms with Crippen LogP contribution in [0.3, 0.4) is 0 Å². The van der Waals surface area contributed by atoms with Gasteiger partial charge in [-0.3, -0.25) is 14.7 Å². The van der Waals surface area contributed by atoms with Crippen molar-refractivity contribution in [1.29, 1.82) is 0 Å². The topological polar surface area (TPSA) is 59.0 Å². The summed E-state index contributed by atoms with van der Waals surface area (Å²) in [7, 11) is 0. The summed E-state index contributed by atoms with van der Waals surface area (Å²) in [6.45, 7) is 2.60. The third-order valence-corrected chi connectivity index (χ3v) is 4.06. The number of carbonyl (C=O) groups excluding carboxylic acids is 1. The van der Waals surface area contributed by atoms with E-state index in [1.54, 1.807) is 17.3 Å². The summed E-state index contributed by atoms with van der Waals surface area (Å²) in [5.74, 6) is 0.377. The van der Waals surface area contributed by atoms with E-state index in [2.05, 4.69) is 15.2 Å². The summed E-state index contributed by atoms with van der Waals surface area (Å²) in [5, 5.41) is 9.77. The van der Waals surface area contributed by atoms with E-state index in [0.717, 1.165) is 23.4 Å². The summed E-state index contributed by atoms with van der Waals surface area (Å²) in [6.07, 6.45) is 5.48. The van der Waals surface area contributed by atoms with Crippen LogP contribution in [0.4, 0.5) is 5.13 Å². The van der Waals surface area contributed by atoms with E-state index in [0.29, 0.717) is 11.7 Å². The molecule has 1 amide bonds. The van der Waals surface area contributed by atoms with E-state index >= 15 is 0 Å². The minimum absolute atomic E-state index is 0.177. The van der Waals surface area contributed by atoms with Crippen molar-refractivity contribution < 1.29 is 4.79 Å². The van der Waals surface area contributed by atoms with Crippen LogP contribution in [0.15, 0.2) is 24.5 Å². The molecule has 0 spiro atoms. The highest BCUT2D eigenvalue weighted by atomic mass is 32.1. The molecule has 0 N–H and O–H groups in total. The van der Waals surface area contributed by atoms with Gasteiger partial charge in [0.2, 0.25) is 11.0 Å². The lowest BCUT2D eigenvalue weighted by molar-refractivity contribution is -0.119. The van der Waals surface area contributed by atoms with Gasteiger partial charge in [-0.15, -0.1) is 10.2 Å². The smallest absolute Gasteiger partial charge is 0.231 e. The van der Waals surface area contributed by atoms with Crippen LogP contribution >= 0.6 is 11.3 Å². The monoisotopic (exact) mass is 274 g/mol. The second-order valence-corrected chi connectivity index (χ2v) is 5.44. The van der Waals surface area contributed by atoms with Gasteiger partial charge in [0.1, 0.15) is 0 Å². The van der Waals surface area contributed by atoms with Crippen LogP contribution in [0, 0.1) is 5.92 Å². The molecule has 98 valence electrons. The van der Waals surface area contributed by atoms with Gasteiger partial charge >= 0.3 is 0 Å². The molecule has 5 nitrogen and oxygen atoms in total. The van der Waals surface area contributed by atoms with Gasteiger partial charge in [0.25, 0.3) is 0 Å². The van der Waals surface area contributed by atoms with Gasteiger partial charge < -0.3 is 0 Å². The maximum absolute atomic E-state index is 12.1. The fraction of sp³-hybridized carbons (Fsp3) is 0.385. The molecule has 6 heteroatoms. The van der Waals surface area contributed by atoms with Crippen molar-refractivity contribution in [3.63, 3.8) is 0 Å². The Bertz CT molecular complexity index is 579. The SMILES string of the molecule is CCN(C(=O)C1CC1)c1nnc(-c2cccnc2)s1. The normalized spacial score (nSPS) is 14.4. The fourth-order valence-electron chi connectivity index (χ4n) is 1.87. The van der Waals surface area contributed by atoms with Crippen molar-refractivity contribution in [2.24, 2.45) is 5.92 Å². The molecule has 0 aromatic carbocycles. The molecule has 1 aliphatic carbocycles. The molecule has 2 aromatic rings. The Morgan fingerprint density at radius 2 is 2.32 bits per heavy atom. The number of nitrogens with zero attached hydrogens (tertiary/aromatic N) is 4. The number of rotatable bonds is 4. The van der Waals surface area contributed by atoms with E-state index in [1.165, 1.54) is 11.3 Å². The molecule has 0 radical (unpaired) electrons. The minimum atomic E-state index is 0.177. The summed E-state index contributed by atoms with van der Waals surface area (Å²) in [6, 6.07) is 3.81. The van der Waals surface area contributed by atoms with Crippen LogP contribution in [-0.2, 0) is 4.79 Å². The number of hydrogen-bond donors (Lipinski definition) is 0. The summed E-state index contributed by atoms with van der Waals surface area (Å²) < 4.78 is 0. The Morgan fingerprint density at radius 3 is 2.95 bits per heavy atom. The zero-order valence-corrected chi connectivity index (χ0v) is 11.4. The van der Waals surface area contributed by atoms with Crippen molar-refractivity contribution >= 4 is 22.4 Å². The highest BCUT2D eigenvalue weighted by molar-refractivity contribution is 7.18. The largest absolute Gasteiger partial charge is 0.287 e. The molecule has 1 aliphatic rings. The Morgan fingerprint density at radius 1 is 1.47 bits per heavy atom. The van der Waals surface area contributed by atoms with Crippen LogP contribution in [0.1, 0.15) is 19.8 Å². The van der Waals surface area contributed by atoms with E-state index < -0.39 is 0 Å². The first kappa shape index (κ1) is 12.2. The van der Waals surface area contributed by atoms with Gasteiger partial charge in [-0.1, -0.05) is 11.3 Å². The number of anilines is 1. The number of hydrogen-bond acceptors (Lipinski definition) is 5. The van der Waals surface area contributed by atoms with Crippen LogP contribution in [0.25, 0.3) is 10.6 Å². The third-order valence-electron chi connectivity index (χ3n) is 3.06. The zero-order valence-electron chi connectivity index (χ0n) is 10.6. The molecule has 2 heterocycles. The Labute approximate surface area is 115 Å². The molecule has 0 saturated heterocycles. The second-order valence-electron chi connectivity index (χ2n) is 4.49. The quantitative estimate of drug-likeness (QED) is 0.858. The Kier molecular flexibility index (Phi) is 3.25. The molecule has 0 unspecified atom stereocenters. The molecule has 0 atom stereocenters. The fourth-order valence-corrected chi connectivity index (χ4v) is 2.77. The molecule has 19 heavy (non-hydrogen) atoms. The predicted molar refractivity (Wildman–Crippen MR) is 73.9 cm³/mol. The molecule has 0 bridgehead atoms. The summed E-state index contributed by atoms with van der Waals surface area (Å²) in [4.78, 5) is 17.9. The standard InChI is InChI=1S/C13H14N4OS/c1-2-17(12(18)9-5-6-9)13-16-15-11(19-13)10-4-3-7-14-8-10/h3-4,7-9H,2,5-6H2,1H3. The molecule has 0 aliphatic heterocycles. The Balaban J connectivity index is 1.85. The first-order chi connectivity index (χ1) is 9.29. The number of amides is 1. The molecule has 1 saturated carbocycles. The lowest BCUT2D eigenvalue weighted by Gasteiger charge is -2.16. The lowest BCUT2D eigenvalue weighted by atomic mass is 10.3. The highest BCUT2D eigenvalue weighted by Crippen LogP contribution is 2.34. The number of aromatic nitrogens is 3. The van der Waals surface area contributed by atoms with Gasteiger partial charge in [-0.2, -0.15) is 0 Å². The summed E-state index contributed by atoms with van der Waals surface area (Å²) >= 11 is 1.44. The maximum Gasteiger partial charge on any atom is 0.231 e. The second kappa shape index (κ2) is 5.05. The van der Waals surface area contributed by atoms with Crippen molar-refractivity contribution in [2.45, 2.75) is 19.8 Å². The van der Waals surface area contributed by atoms with E-state index in [-0.39, 0.29) is 11.8 Å². The Hall–Kier alpha value is -1.82. The minimum Gasteiger partial charge on any atom is -0.287 e. The molecule has 2 aromatic heterocycles. The van der Waals surface area contributed by atoms with Gasteiger partial charge in [0.05, 0.1) is 0 Å². The molecule has 1 fully saturated rings. The van der Waals surface area contributed by atoms with Crippen LogP contribution < -0.4 is 4.90 Å². The average Bonchev–Trinajstić information content (AvgIpc) is 3.20. The number of carbonyl (C=O) groups is 1. The zero-order chi connectivity index (χ0) is 13.2. The van der Waals surface area contributed by atoms with E-state index in [4.69, 9.17) is 0 Å². The van der Waals surface area contributed by atoms with Crippen molar-refractivity contribution in [3.05, 3.63) is 24.5 Å².